The molecule has 106 valence electrons. The van der Waals surface area contributed by atoms with Crippen LogP contribution in [0.25, 0.3) is 0 Å². The summed E-state index contributed by atoms with van der Waals surface area (Å²) in [5, 5.41) is 4.21. The summed E-state index contributed by atoms with van der Waals surface area (Å²) in [4.78, 5) is 10.1. The van der Waals surface area contributed by atoms with Gasteiger partial charge in [-0.25, -0.2) is 9.97 Å². The summed E-state index contributed by atoms with van der Waals surface area (Å²) in [6.07, 6.45) is 0. The molecule has 0 spiro atoms. The van der Waals surface area contributed by atoms with E-state index in [4.69, 9.17) is 0 Å². The molecule has 1 aromatic heterocycles. The van der Waals surface area contributed by atoms with Crippen molar-refractivity contribution in [1.82, 2.24) is 9.97 Å². The minimum atomic E-state index is 0.565. The molecular formula is C16H21N3S. The van der Waals surface area contributed by atoms with Crippen molar-refractivity contribution in [3.63, 3.8) is 0 Å². The third-order valence-electron chi connectivity index (χ3n) is 2.94. The van der Waals surface area contributed by atoms with E-state index in [2.05, 4.69) is 60.3 Å². The molecule has 0 aliphatic heterocycles. The van der Waals surface area contributed by atoms with Gasteiger partial charge in [-0.1, -0.05) is 37.7 Å². The van der Waals surface area contributed by atoms with Gasteiger partial charge in [0.25, 0.3) is 0 Å². The molecule has 4 heteroatoms. The lowest BCUT2D eigenvalue weighted by Gasteiger charge is -2.08. The molecule has 20 heavy (non-hydrogen) atoms. The molecule has 0 aliphatic carbocycles. The zero-order valence-corrected chi connectivity index (χ0v) is 13.3. The molecule has 0 saturated heterocycles. The van der Waals surface area contributed by atoms with Crippen LogP contribution in [0.1, 0.15) is 38.1 Å². The molecule has 0 fully saturated rings. The van der Waals surface area contributed by atoms with E-state index in [9.17, 15) is 0 Å². The van der Waals surface area contributed by atoms with Crippen LogP contribution in [0.5, 0.6) is 0 Å². The molecule has 0 aliphatic rings. The molecular weight excluding hydrogens is 266 g/mol. The van der Waals surface area contributed by atoms with Crippen molar-refractivity contribution >= 4 is 17.6 Å². The zero-order chi connectivity index (χ0) is 14.5. The van der Waals surface area contributed by atoms with Crippen LogP contribution in [0, 0.1) is 6.92 Å². The summed E-state index contributed by atoms with van der Waals surface area (Å²) in [5.74, 6) is 2.25. The highest BCUT2D eigenvalue weighted by molar-refractivity contribution is 7.99. The van der Waals surface area contributed by atoms with Crippen molar-refractivity contribution in [2.75, 3.05) is 11.9 Å². The lowest BCUT2D eigenvalue weighted by atomic mass is 10.0. The Morgan fingerprint density at radius 2 is 1.85 bits per heavy atom. The number of rotatable bonds is 5. The van der Waals surface area contributed by atoms with Crippen LogP contribution in [0.2, 0.25) is 0 Å². The molecule has 0 saturated carbocycles. The number of hydrogen-bond acceptors (Lipinski definition) is 4. The quantitative estimate of drug-likeness (QED) is 0.822. The summed E-state index contributed by atoms with van der Waals surface area (Å²) in [6.45, 7) is 9.27. The van der Waals surface area contributed by atoms with E-state index in [0.29, 0.717) is 5.92 Å². The molecule has 1 aromatic carbocycles. The lowest BCUT2D eigenvalue weighted by molar-refractivity contribution is 0.865. The lowest BCUT2D eigenvalue weighted by Crippen LogP contribution is -2.02. The molecule has 0 unspecified atom stereocenters. The Kier molecular flexibility index (Phi) is 5.01. The van der Waals surface area contributed by atoms with Gasteiger partial charge in [0, 0.05) is 17.5 Å². The summed E-state index contributed by atoms with van der Waals surface area (Å²) in [5.41, 5.74) is 1.36. The number of aryl methyl sites for hydroxylation is 1. The monoisotopic (exact) mass is 287 g/mol. The topological polar surface area (TPSA) is 37.8 Å². The first-order chi connectivity index (χ1) is 9.58. The fourth-order valence-electron chi connectivity index (χ4n) is 1.91. The summed E-state index contributed by atoms with van der Waals surface area (Å²) >= 11 is 1.67. The van der Waals surface area contributed by atoms with Crippen molar-refractivity contribution in [2.45, 2.75) is 43.5 Å². The Bertz CT molecular complexity index is 564. The van der Waals surface area contributed by atoms with Gasteiger partial charge in [0.15, 0.2) is 0 Å². The van der Waals surface area contributed by atoms with Gasteiger partial charge in [0.05, 0.1) is 0 Å². The first-order valence-corrected chi connectivity index (χ1v) is 7.77. The maximum Gasteiger partial charge on any atom is 0.130 e. The minimum Gasteiger partial charge on any atom is -0.370 e. The second-order valence-corrected chi connectivity index (χ2v) is 6.09. The molecule has 2 aromatic rings. The smallest absolute Gasteiger partial charge is 0.130 e. The fraction of sp³-hybridized carbons (Fsp3) is 0.375. The van der Waals surface area contributed by atoms with E-state index >= 15 is 0 Å². The van der Waals surface area contributed by atoms with Crippen LogP contribution in [-0.2, 0) is 0 Å². The molecule has 2 rings (SSSR count). The standard InChI is InChI=1S/C16H21N3S/c1-5-17-15-10-16(19-12(4)18-15)20-14-8-6-13(7-9-14)11(2)3/h6-11H,5H2,1-4H3,(H,17,18,19). The molecule has 0 bridgehead atoms. The summed E-state index contributed by atoms with van der Waals surface area (Å²) in [7, 11) is 0. The van der Waals surface area contributed by atoms with Crippen LogP contribution < -0.4 is 5.32 Å². The Morgan fingerprint density at radius 1 is 1.15 bits per heavy atom. The van der Waals surface area contributed by atoms with E-state index in [0.717, 1.165) is 23.2 Å². The number of aromatic nitrogens is 2. The third-order valence-corrected chi connectivity index (χ3v) is 3.87. The first kappa shape index (κ1) is 14.9. The van der Waals surface area contributed by atoms with E-state index in [-0.39, 0.29) is 0 Å². The Morgan fingerprint density at radius 3 is 2.45 bits per heavy atom. The first-order valence-electron chi connectivity index (χ1n) is 6.96. The predicted octanol–water partition coefficient (Wildman–Crippen LogP) is 4.49. The van der Waals surface area contributed by atoms with Gasteiger partial charge in [-0.2, -0.15) is 0 Å². The highest BCUT2D eigenvalue weighted by Crippen LogP contribution is 2.28. The minimum absolute atomic E-state index is 0.565. The maximum atomic E-state index is 4.48. The normalized spacial score (nSPS) is 10.8. The largest absolute Gasteiger partial charge is 0.370 e. The van der Waals surface area contributed by atoms with Gasteiger partial charge in [-0.05, 0) is 37.5 Å². The van der Waals surface area contributed by atoms with Crippen molar-refractivity contribution < 1.29 is 0 Å². The molecule has 0 radical (unpaired) electrons. The second-order valence-electron chi connectivity index (χ2n) is 4.99. The van der Waals surface area contributed by atoms with E-state index in [1.165, 1.54) is 10.5 Å². The maximum absolute atomic E-state index is 4.48. The number of benzene rings is 1. The van der Waals surface area contributed by atoms with Crippen molar-refractivity contribution in [1.29, 1.82) is 0 Å². The van der Waals surface area contributed by atoms with E-state index < -0.39 is 0 Å². The number of nitrogens with zero attached hydrogens (tertiary/aromatic N) is 2. The van der Waals surface area contributed by atoms with Crippen molar-refractivity contribution in [3.8, 4) is 0 Å². The Hall–Kier alpha value is -1.55. The molecule has 0 amide bonds. The van der Waals surface area contributed by atoms with Crippen LogP contribution in [0.4, 0.5) is 5.82 Å². The SMILES string of the molecule is CCNc1cc(Sc2ccc(C(C)C)cc2)nc(C)n1. The second kappa shape index (κ2) is 6.75. The summed E-state index contributed by atoms with van der Waals surface area (Å²) in [6, 6.07) is 10.7. The molecule has 3 nitrogen and oxygen atoms in total. The number of anilines is 1. The van der Waals surface area contributed by atoms with Crippen molar-refractivity contribution in [2.24, 2.45) is 0 Å². The van der Waals surface area contributed by atoms with Crippen LogP contribution in [0.15, 0.2) is 40.3 Å². The van der Waals surface area contributed by atoms with Crippen LogP contribution in [-0.4, -0.2) is 16.5 Å². The Labute approximate surface area is 125 Å². The van der Waals surface area contributed by atoms with Gasteiger partial charge >= 0.3 is 0 Å². The molecule has 0 atom stereocenters. The number of hydrogen-bond donors (Lipinski definition) is 1. The van der Waals surface area contributed by atoms with Gasteiger partial charge < -0.3 is 5.32 Å². The van der Waals surface area contributed by atoms with Gasteiger partial charge in [-0.15, -0.1) is 0 Å². The van der Waals surface area contributed by atoms with Crippen molar-refractivity contribution in [3.05, 3.63) is 41.7 Å². The van der Waals surface area contributed by atoms with Crippen LogP contribution >= 0.6 is 11.8 Å². The van der Waals surface area contributed by atoms with Crippen LogP contribution in [0.3, 0.4) is 0 Å². The predicted molar refractivity (Wildman–Crippen MR) is 85.6 cm³/mol. The highest BCUT2D eigenvalue weighted by atomic mass is 32.2. The van der Waals surface area contributed by atoms with E-state index in [1.54, 1.807) is 11.8 Å². The van der Waals surface area contributed by atoms with Gasteiger partial charge in [0.1, 0.15) is 16.7 Å². The third kappa shape index (κ3) is 3.97. The molecule has 1 heterocycles. The average Bonchev–Trinajstić information content (AvgIpc) is 2.39. The van der Waals surface area contributed by atoms with Gasteiger partial charge in [-0.3, -0.25) is 0 Å². The highest BCUT2D eigenvalue weighted by Gasteiger charge is 2.05. The fourth-order valence-corrected chi connectivity index (χ4v) is 2.77. The zero-order valence-electron chi connectivity index (χ0n) is 12.5. The molecule has 1 N–H and O–H groups in total. The Balaban J connectivity index is 2.16. The summed E-state index contributed by atoms with van der Waals surface area (Å²) < 4.78 is 0. The van der Waals surface area contributed by atoms with E-state index in [1.807, 2.05) is 13.0 Å². The van der Waals surface area contributed by atoms with Gasteiger partial charge in [0.2, 0.25) is 0 Å². The average molecular weight is 287 g/mol. The number of nitrogens with one attached hydrogen (secondary N) is 1.